The van der Waals surface area contributed by atoms with Gasteiger partial charge in [0.1, 0.15) is 5.78 Å². The van der Waals surface area contributed by atoms with Crippen LogP contribution in [-0.2, 0) is 4.79 Å². The van der Waals surface area contributed by atoms with Gasteiger partial charge >= 0.3 is 0 Å². The average molecular weight is 202 g/mol. The average Bonchev–Trinajstić information content (AvgIpc) is 1.85. The summed E-state index contributed by atoms with van der Waals surface area (Å²) in [6.07, 6.45) is 1.27. The van der Waals surface area contributed by atoms with Crippen molar-refractivity contribution in [3.8, 4) is 0 Å². The Labute approximate surface area is 91.3 Å². The summed E-state index contributed by atoms with van der Waals surface area (Å²) in [6, 6.07) is 0. The van der Waals surface area contributed by atoms with Crippen molar-refractivity contribution in [2.75, 3.05) is 0 Å². The molecule has 0 aliphatic rings. The Hall–Kier alpha value is -0.330. The maximum absolute atomic E-state index is 10.5. The third-order valence-electron chi connectivity index (χ3n) is 2.12. The fourth-order valence-electron chi connectivity index (χ4n) is 0. The Morgan fingerprint density at radius 2 is 1.14 bits per heavy atom. The van der Waals surface area contributed by atoms with Crippen molar-refractivity contribution in [2.45, 2.75) is 69.2 Å². The van der Waals surface area contributed by atoms with E-state index in [1.165, 1.54) is 6.42 Å². The molecule has 0 aromatic rings. The van der Waals surface area contributed by atoms with E-state index in [4.69, 9.17) is 0 Å². The van der Waals surface area contributed by atoms with Crippen LogP contribution in [0.1, 0.15) is 69.2 Å². The highest BCUT2D eigenvalue weighted by Gasteiger charge is 2.14. The van der Waals surface area contributed by atoms with Crippen molar-refractivity contribution >= 4 is 5.78 Å². The maximum atomic E-state index is 10.5. The van der Waals surface area contributed by atoms with Crippen LogP contribution < -0.4 is 0 Å². The normalized spacial score (nSPS) is 10.9. The molecule has 0 saturated heterocycles. The molecule has 0 radical (unpaired) electrons. The topological polar surface area (TPSA) is 17.1 Å². The lowest BCUT2D eigenvalue weighted by Crippen LogP contribution is -2.15. The summed E-state index contributed by atoms with van der Waals surface area (Å²) in [5, 5.41) is 0. The predicted octanol–water partition coefficient (Wildman–Crippen LogP) is 4.70. The highest BCUT2D eigenvalue weighted by molar-refractivity contribution is 5.80. The van der Waals surface area contributed by atoms with Gasteiger partial charge in [-0.15, -0.1) is 0 Å². The number of carbonyl (C=O) groups is 1. The van der Waals surface area contributed by atoms with Gasteiger partial charge in [0.15, 0.2) is 0 Å². The molecule has 0 heterocycles. The van der Waals surface area contributed by atoms with E-state index in [1.54, 1.807) is 6.92 Å². The van der Waals surface area contributed by atoms with Crippen molar-refractivity contribution < 1.29 is 4.79 Å². The zero-order valence-electron chi connectivity index (χ0n) is 10.6. The number of rotatable bonds is 0. The molecular formula is C13H30O. The first-order valence-electron chi connectivity index (χ1n) is 5.01. The second kappa shape index (κ2) is 7.03. The first kappa shape index (κ1) is 19.3. The van der Waals surface area contributed by atoms with Crippen molar-refractivity contribution in [3.63, 3.8) is 0 Å². The van der Waals surface area contributed by atoms with Crippen molar-refractivity contribution in [3.05, 3.63) is 0 Å². The predicted molar refractivity (Wildman–Crippen MR) is 66.6 cm³/mol. The van der Waals surface area contributed by atoms with Crippen LogP contribution >= 0.6 is 0 Å². The van der Waals surface area contributed by atoms with E-state index >= 15 is 0 Å². The van der Waals surface area contributed by atoms with E-state index in [9.17, 15) is 4.79 Å². The lowest BCUT2D eigenvalue weighted by atomic mass is 9.92. The summed E-state index contributed by atoms with van der Waals surface area (Å²) in [7, 11) is 0. The molecule has 0 rings (SSSR count). The number of carbonyl (C=O) groups excluding carboxylic acids is 1. The molecule has 0 aliphatic heterocycles. The molecule has 14 heavy (non-hydrogen) atoms. The highest BCUT2D eigenvalue weighted by Crippen LogP contribution is 2.16. The molecule has 0 amide bonds. The van der Waals surface area contributed by atoms with Gasteiger partial charge in [-0.3, -0.25) is 4.79 Å². The quantitative estimate of drug-likeness (QED) is 0.556. The molecule has 0 aromatic carbocycles. The lowest BCUT2D eigenvalue weighted by molar-refractivity contribution is -0.124. The van der Waals surface area contributed by atoms with Gasteiger partial charge in [0.05, 0.1) is 0 Å². The number of hydrogen-bond donors (Lipinski definition) is 0. The molecular weight excluding hydrogens is 172 g/mol. The third kappa shape index (κ3) is 17.7. The fraction of sp³-hybridized carbons (Fsp3) is 0.923. The van der Waals surface area contributed by atoms with E-state index in [1.807, 2.05) is 20.8 Å². The fourth-order valence-corrected chi connectivity index (χ4v) is 0. The van der Waals surface area contributed by atoms with Gasteiger partial charge in [-0.2, -0.15) is 0 Å². The van der Waals surface area contributed by atoms with Crippen LogP contribution in [0.25, 0.3) is 0 Å². The summed E-state index contributed by atoms with van der Waals surface area (Å²) in [6.45, 7) is 16.3. The van der Waals surface area contributed by atoms with E-state index in [-0.39, 0.29) is 18.6 Å². The summed E-state index contributed by atoms with van der Waals surface area (Å²) in [5.41, 5.74) is 0.403. The first-order chi connectivity index (χ1) is 5.50. The third-order valence-corrected chi connectivity index (χ3v) is 2.12. The van der Waals surface area contributed by atoms with Gasteiger partial charge < -0.3 is 0 Å². The number of Topliss-reactive ketones (excluding diaryl/α,β-unsaturated/α-hetero) is 1. The summed E-state index contributed by atoms with van der Waals surface area (Å²) in [5.74, 6) is 0.243. The zero-order chi connectivity index (χ0) is 11.3. The van der Waals surface area contributed by atoms with Crippen LogP contribution in [0.2, 0.25) is 0 Å². The van der Waals surface area contributed by atoms with Gasteiger partial charge in [0.2, 0.25) is 0 Å². The molecule has 88 valence electrons. The van der Waals surface area contributed by atoms with E-state index < -0.39 is 0 Å². The summed E-state index contributed by atoms with van der Waals surface area (Å²) < 4.78 is 0. The van der Waals surface area contributed by atoms with Crippen LogP contribution in [0.15, 0.2) is 0 Å². The Morgan fingerprint density at radius 3 is 1.14 bits per heavy atom. The summed E-state index contributed by atoms with van der Waals surface area (Å²) >= 11 is 0. The Balaban J connectivity index is -0.000000163. The molecule has 1 heteroatoms. The number of ketones is 1. The monoisotopic (exact) mass is 202 g/mol. The molecule has 0 bridgehead atoms. The molecule has 0 unspecified atom stereocenters. The van der Waals surface area contributed by atoms with Crippen LogP contribution in [0, 0.1) is 10.8 Å². The molecule has 1 nitrogen and oxygen atoms in total. The maximum Gasteiger partial charge on any atom is 0.135 e. The smallest absolute Gasteiger partial charge is 0.135 e. The SMILES string of the molecule is C.CC(=O)C(C)(C)C.CCC(C)(C)C. The molecule has 0 saturated carbocycles. The van der Waals surface area contributed by atoms with E-state index in [2.05, 4.69) is 27.7 Å². The van der Waals surface area contributed by atoms with Gasteiger partial charge in [-0.1, -0.05) is 62.3 Å². The molecule has 0 N–H and O–H groups in total. The van der Waals surface area contributed by atoms with Crippen LogP contribution in [0.5, 0.6) is 0 Å². The van der Waals surface area contributed by atoms with Gasteiger partial charge in [-0.05, 0) is 12.3 Å². The molecule has 0 fully saturated rings. The standard InChI is InChI=1S/C6H12O.C6H14.CH4/c1-5(7)6(2,3)4;1-5-6(2,3)4;/h1-4H3;5H2,1-4H3;1H4. The van der Waals surface area contributed by atoms with E-state index in [0.29, 0.717) is 5.41 Å². The minimum absolute atomic E-state index is 0. The minimum Gasteiger partial charge on any atom is -0.299 e. The highest BCUT2D eigenvalue weighted by atomic mass is 16.1. The molecule has 0 spiro atoms. The molecule has 0 aliphatic carbocycles. The molecule has 0 aromatic heterocycles. The number of hydrogen-bond acceptors (Lipinski definition) is 1. The summed E-state index contributed by atoms with van der Waals surface area (Å²) in [4.78, 5) is 10.5. The lowest BCUT2D eigenvalue weighted by Gasteiger charge is -2.12. The van der Waals surface area contributed by atoms with Crippen LogP contribution in [0.3, 0.4) is 0 Å². The van der Waals surface area contributed by atoms with Crippen molar-refractivity contribution in [2.24, 2.45) is 10.8 Å². The van der Waals surface area contributed by atoms with Crippen LogP contribution in [-0.4, -0.2) is 5.78 Å². The minimum atomic E-state index is -0.139. The Bertz CT molecular complexity index is 144. The second-order valence-corrected chi connectivity index (χ2v) is 5.72. The van der Waals surface area contributed by atoms with Crippen molar-refractivity contribution in [1.82, 2.24) is 0 Å². The largest absolute Gasteiger partial charge is 0.299 e. The Morgan fingerprint density at radius 1 is 1.00 bits per heavy atom. The van der Waals surface area contributed by atoms with Crippen molar-refractivity contribution in [1.29, 1.82) is 0 Å². The van der Waals surface area contributed by atoms with E-state index in [0.717, 1.165) is 0 Å². The van der Waals surface area contributed by atoms with Crippen LogP contribution in [0.4, 0.5) is 0 Å². The first-order valence-corrected chi connectivity index (χ1v) is 5.01. The van der Waals surface area contributed by atoms with Gasteiger partial charge in [0, 0.05) is 5.41 Å². The zero-order valence-corrected chi connectivity index (χ0v) is 10.6. The van der Waals surface area contributed by atoms with Gasteiger partial charge in [0.25, 0.3) is 0 Å². The second-order valence-electron chi connectivity index (χ2n) is 5.72. The Kier molecular flexibility index (Phi) is 9.67. The molecule has 0 atom stereocenters. The van der Waals surface area contributed by atoms with Gasteiger partial charge in [-0.25, -0.2) is 0 Å².